The lowest BCUT2D eigenvalue weighted by molar-refractivity contribution is 0.0973. The highest BCUT2D eigenvalue weighted by Crippen LogP contribution is 2.33. The van der Waals surface area contributed by atoms with Gasteiger partial charge in [0.25, 0.3) is 0 Å². The van der Waals surface area contributed by atoms with Crippen LogP contribution in [0.2, 0.25) is 0 Å². The van der Waals surface area contributed by atoms with E-state index in [2.05, 4.69) is 15.4 Å². The maximum absolute atomic E-state index is 13.9. The smallest absolute Gasteiger partial charge is 0.177 e. The molecule has 1 atom stereocenters. The summed E-state index contributed by atoms with van der Waals surface area (Å²) in [6, 6.07) is 3.33. The first-order chi connectivity index (χ1) is 10.2. The van der Waals surface area contributed by atoms with Gasteiger partial charge >= 0.3 is 0 Å². The van der Waals surface area contributed by atoms with Gasteiger partial charge in [-0.2, -0.15) is 0 Å². The second-order valence-corrected chi connectivity index (χ2v) is 5.90. The Bertz CT molecular complexity index is 664. The molecule has 0 spiro atoms. The van der Waals surface area contributed by atoms with Gasteiger partial charge in [-0.1, -0.05) is 5.16 Å². The average Bonchev–Trinajstić information content (AvgIpc) is 2.90. The zero-order valence-corrected chi connectivity index (χ0v) is 11.9. The predicted molar refractivity (Wildman–Crippen MR) is 77.1 cm³/mol. The summed E-state index contributed by atoms with van der Waals surface area (Å²) < 4.78 is 24.1. The molecule has 0 saturated carbocycles. The zero-order valence-electron chi connectivity index (χ0n) is 11.9. The number of hydrogen-bond acceptors (Lipinski definition) is 5. The molecule has 4 heterocycles. The van der Waals surface area contributed by atoms with Crippen molar-refractivity contribution in [1.82, 2.24) is 10.1 Å². The van der Waals surface area contributed by atoms with Crippen LogP contribution in [-0.2, 0) is 0 Å². The van der Waals surface area contributed by atoms with Crippen molar-refractivity contribution in [1.29, 1.82) is 0 Å². The van der Waals surface area contributed by atoms with Crippen LogP contribution in [-0.4, -0.2) is 42.8 Å². The Morgan fingerprint density at radius 1 is 1.38 bits per heavy atom. The van der Waals surface area contributed by atoms with Gasteiger partial charge in [0, 0.05) is 18.7 Å². The minimum absolute atomic E-state index is 0.174. The van der Waals surface area contributed by atoms with Gasteiger partial charge in [0.1, 0.15) is 0 Å². The van der Waals surface area contributed by atoms with Crippen molar-refractivity contribution < 1.29 is 13.7 Å². The Balaban J connectivity index is 1.63. The zero-order chi connectivity index (χ0) is 14.4. The van der Waals surface area contributed by atoms with Crippen molar-refractivity contribution >= 4 is 16.8 Å². The van der Waals surface area contributed by atoms with Crippen molar-refractivity contribution in [3.8, 4) is 5.75 Å². The number of benzene rings is 1. The number of piperidine rings is 3. The van der Waals surface area contributed by atoms with Gasteiger partial charge in [0.15, 0.2) is 23.0 Å². The SMILES string of the molecule is COc1cc2onc(NC3CN4CCC3CC4)c2cc1F. The monoisotopic (exact) mass is 291 g/mol. The van der Waals surface area contributed by atoms with Gasteiger partial charge in [0.05, 0.1) is 12.5 Å². The third-order valence-corrected chi connectivity index (χ3v) is 4.72. The largest absolute Gasteiger partial charge is 0.494 e. The minimum Gasteiger partial charge on any atom is -0.494 e. The topological polar surface area (TPSA) is 50.5 Å². The summed E-state index contributed by atoms with van der Waals surface area (Å²) in [5.41, 5.74) is 0.539. The Hall–Kier alpha value is -1.82. The van der Waals surface area contributed by atoms with Gasteiger partial charge < -0.3 is 19.5 Å². The Morgan fingerprint density at radius 2 is 2.19 bits per heavy atom. The molecule has 5 nitrogen and oxygen atoms in total. The lowest BCUT2D eigenvalue weighted by Crippen LogP contribution is -2.53. The molecule has 0 amide bonds. The molecular weight excluding hydrogens is 273 g/mol. The fraction of sp³-hybridized carbons (Fsp3) is 0.533. The summed E-state index contributed by atoms with van der Waals surface area (Å²) in [4.78, 5) is 2.46. The molecule has 1 aromatic carbocycles. The number of nitrogens with one attached hydrogen (secondary N) is 1. The molecule has 3 aliphatic rings. The first kappa shape index (κ1) is 12.9. The van der Waals surface area contributed by atoms with E-state index in [4.69, 9.17) is 9.26 Å². The summed E-state index contributed by atoms with van der Waals surface area (Å²) in [7, 11) is 1.44. The third kappa shape index (κ3) is 2.14. The van der Waals surface area contributed by atoms with Crippen molar-refractivity contribution in [2.24, 2.45) is 5.92 Å². The normalized spacial score (nSPS) is 28.0. The summed E-state index contributed by atoms with van der Waals surface area (Å²) in [5, 5.41) is 8.18. The predicted octanol–water partition coefficient (Wildman–Crippen LogP) is 2.48. The van der Waals surface area contributed by atoms with Crippen LogP contribution in [0, 0.1) is 11.7 Å². The Kier molecular flexibility index (Phi) is 2.99. The van der Waals surface area contributed by atoms with E-state index in [0.29, 0.717) is 28.7 Å². The number of rotatable bonds is 3. The maximum Gasteiger partial charge on any atom is 0.177 e. The molecule has 3 fully saturated rings. The molecule has 2 bridgehead atoms. The second-order valence-electron chi connectivity index (χ2n) is 5.90. The van der Waals surface area contributed by atoms with E-state index in [1.54, 1.807) is 6.07 Å². The fourth-order valence-corrected chi connectivity index (χ4v) is 3.50. The van der Waals surface area contributed by atoms with Crippen LogP contribution in [0.5, 0.6) is 5.75 Å². The standard InChI is InChI=1S/C15H18FN3O2/c1-20-14-7-13-10(6-11(14)16)15(18-21-13)17-12-8-19-4-2-9(12)3-5-19/h6-7,9,12H,2-5,8H2,1H3,(H,17,18). The fourth-order valence-electron chi connectivity index (χ4n) is 3.50. The summed E-state index contributed by atoms with van der Waals surface area (Å²) >= 11 is 0. The molecule has 112 valence electrons. The van der Waals surface area contributed by atoms with Crippen LogP contribution >= 0.6 is 0 Å². The molecule has 2 aromatic rings. The van der Waals surface area contributed by atoms with Gasteiger partial charge in [-0.05, 0) is 37.9 Å². The number of nitrogens with zero attached hydrogens (tertiary/aromatic N) is 2. The van der Waals surface area contributed by atoms with Crippen molar-refractivity contribution in [3.63, 3.8) is 0 Å². The van der Waals surface area contributed by atoms with Gasteiger partial charge in [-0.15, -0.1) is 0 Å². The molecule has 1 N–H and O–H groups in total. The third-order valence-electron chi connectivity index (χ3n) is 4.72. The van der Waals surface area contributed by atoms with E-state index in [0.717, 1.165) is 6.54 Å². The van der Waals surface area contributed by atoms with E-state index in [-0.39, 0.29) is 5.75 Å². The van der Waals surface area contributed by atoms with Gasteiger partial charge in [-0.3, -0.25) is 0 Å². The van der Waals surface area contributed by atoms with E-state index in [9.17, 15) is 4.39 Å². The maximum atomic E-state index is 13.9. The molecule has 0 radical (unpaired) electrons. The highest BCUT2D eigenvalue weighted by atomic mass is 19.1. The Morgan fingerprint density at radius 3 is 2.86 bits per heavy atom. The molecule has 0 aliphatic carbocycles. The molecule has 21 heavy (non-hydrogen) atoms. The molecule has 1 aromatic heterocycles. The lowest BCUT2D eigenvalue weighted by Gasteiger charge is -2.44. The number of anilines is 1. The Labute approximate surface area is 122 Å². The second kappa shape index (κ2) is 4.87. The molecule has 1 unspecified atom stereocenters. The first-order valence-corrected chi connectivity index (χ1v) is 7.36. The number of aromatic nitrogens is 1. The van der Waals surface area contributed by atoms with Crippen LogP contribution in [0.15, 0.2) is 16.7 Å². The van der Waals surface area contributed by atoms with Crippen LogP contribution in [0.1, 0.15) is 12.8 Å². The number of hydrogen-bond donors (Lipinski definition) is 1. The number of fused-ring (bicyclic) bond motifs is 4. The van der Waals surface area contributed by atoms with Gasteiger partial charge in [0.2, 0.25) is 0 Å². The summed E-state index contributed by atoms with van der Waals surface area (Å²) in [5.74, 6) is 1.08. The van der Waals surface area contributed by atoms with Crippen molar-refractivity contribution in [3.05, 3.63) is 17.9 Å². The van der Waals surface area contributed by atoms with Crippen LogP contribution in [0.4, 0.5) is 10.2 Å². The highest BCUT2D eigenvalue weighted by molar-refractivity contribution is 5.89. The number of methoxy groups -OCH3 is 1. The van der Waals surface area contributed by atoms with Crippen LogP contribution < -0.4 is 10.1 Å². The van der Waals surface area contributed by atoms with Crippen molar-refractivity contribution in [2.75, 3.05) is 32.1 Å². The highest BCUT2D eigenvalue weighted by Gasteiger charge is 2.34. The molecule has 3 aliphatic heterocycles. The van der Waals surface area contributed by atoms with Crippen LogP contribution in [0.25, 0.3) is 11.0 Å². The van der Waals surface area contributed by atoms with E-state index in [1.807, 2.05) is 0 Å². The molecule has 6 heteroatoms. The lowest BCUT2D eigenvalue weighted by atomic mass is 9.84. The van der Waals surface area contributed by atoms with Crippen molar-refractivity contribution in [2.45, 2.75) is 18.9 Å². The minimum atomic E-state index is -0.398. The van der Waals surface area contributed by atoms with Gasteiger partial charge in [-0.25, -0.2) is 4.39 Å². The molecular formula is C15H18FN3O2. The number of ether oxygens (including phenoxy) is 1. The molecule has 3 saturated heterocycles. The average molecular weight is 291 g/mol. The van der Waals surface area contributed by atoms with E-state index < -0.39 is 5.82 Å². The first-order valence-electron chi connectivity index (χ1n) is 7.36. The molecule has 5 rings (SSSR count). The summed E-state index contributed by atoms with van der Waals surface area (Å²) in [6.07, 6.45) is 2.44. The van der Waals surface area contributed by atoms with Crippen LogP contribution in [0.3, 0.4) is 0 Å². The number of halogens is 1. The quantitative estimate of drug-likeness (QED) is 0.941. The van der Waals surface area contributed by atoms with E-state index >= 15 is 0 Å². The van der Waals surface area contributed by atoms with E-state index in [1.165, 1.54) is 39.1 Å². The summed E-state index contributed by atoms with van der Waals surface area (Å²) in [6.45, 7) is 3.40.